The second kappa shape index (κ2) is 10.5. The van der Waals surface area contributed by atoms with Crippen molar-refractivity contribution in [1.82, 2.24) is 10.6 Å². The van der Waals surface area contributed by atoms with Gasteiger partial charge in [-0.05, 0) is 19.3 Å². The van der Waals surface area contributed by atoms with E-state index in [0.29, 0.717) is 6.42 Å². The third-order valence-corrected chi connectivity index (χ3v) is 3.95. The lowest BCUT2D eigenvalue weighted by Crippen LogP contribution is -2.59. The number of rotatable bonds is 10. The van der Waals surface area contributed by atoms with Crippen molar-refractivity contribution in [3.05, 3.63) is 0 Å². The van der Waals surface area contributed by atoms with E-state index in [1.165, 1.54) is 0 Å². The molecule has 1 amide bonds. The van der Waals surface area contributed by atoms with E-state index < -0.39 is 55.3 Å². The molecule has 0 bridgehead atoms. The molecule has 1 aliphatic rings. The van der Waals surface area contributed by atoms with Crippen molar-refractivity contribution in [2.45, 2.75) is 51.0 Å². The highest BCUT2D eigenvalue weighted by Crippen LogP contribution is 2.24. The number of aliphatic carboxylic acids is 2. The summed E-state index contributed by atoms with van der Waals surface area (Å²) >= 11 is 4.11. The molecule has 0 radical (unpaired) electrons. The van der Waals surface area contributed by atoms with Gasteiger partial charge in [-0.1, -0.05) is 13.8 Å². The fourth-order valence-electron chi connectivity index (χ4n) is 2.64. The Bertz CT molecular complexity index is 574. The van der Waals surface area contributed by atoms with Crippen molar-refractivity contribution in [3.63, 3.8) is 0 Å². The quantitative estimate of drug-likeness (QED) is 0.141. The summed E-state index contributed by atoms with van der Waals surface area (Å²) in [5, 5.41) is 23.4. The zero-order valence-electron chi connectivity index (χ0n) is 15.4. The van der Waals surface area contributed by atoms with E-state index >= 15 is 0 Å². The smallest absolute Gasteiger partial charge is 0.508 e. The summed E-state index contributed by atoms with van der Waals surface area (Å²) in [6, 6.07) is 0. The molecule has 152 valence electrons. The van der Waals surface area contributed by atoms with E-state index in [1.807, 2.05) is 13.8 Å². The average Bonchev–Trinajstić information content (AvgIpc) is 2.50. The number of carbonyl (C=O) groups excluding carboxylic acids is 2. The second-order valence-electron chi connectivity index (χ2n) is 6.75. The molecule has 1 rings (SSSR count). The molecule has 0 saturated carbocycles. The van der Waals surface area contributed by atoms with E-state index in [-0.39, 0.29) is 17.8 Å². The minimum Gasteiger partial charge on any atom is -0.508 e. The number of carboxylic acid groups (broad SMARTS) is 2. The third-order valence-electron chi connectivity index (χ3n) is 3.77. The lowest BCUT2D eigenvalue weighted by molar-refractivity contribution is -0.165. The molecule has 10 nitrogen and oxygen atoms in total. The molecule has 0 aliphatic carbocycles. The molecule has 1 aliphatic heterocycles. The van der Waals surface area contributed by atoms with Crippen LogP contribution in [0, 0.1) is 11.8 Å². The van der Waals surface area contributed by atoms with Crippen molar-refractivity contribution < 1.29 is 38.7 Å². The van der Waals surface area contributed by atoms with Crippen LogP contribution in [0.5, 0.6) is 0 Å². The maximum absolute atomic E-state index is 12.1. The molecule has 4 atom stereocenters. The first-order valence-electron chi connectivity index (χ1n) is 8.52. The molecule has 0 spiro atoms. The normalized spacial score (nSPS) is 22.1. The van der Waals surface area contributed by atoms with Crippen LogP contribution in [-0.4, -0.2) is 65.1 Å². The van der Waals surface area contributed by atoms with Crippen LogP contribution in [0.4, 0.5) is 0 Å². The molecule has 3 unspecified atom stereocenters. The number of nitrogens with one attached hydrogen (secondary N) is 2. The summed E-state index contributed by atoms with van der Waals surface area (Å²) in [7, 11) is -1.28. The highest BCUT2D eigenvalue weighted by Gasteiger charge is 2.50. The van der Waals surface area contributed by atoms with Crippen LogP contribution in [0.25, 0.3) is 0 Å². The van der Waals surface area contributed by atoms with Crippen molar-refractivity contribution >= 4 is 43.6 Å². The van der Waals surface area contributed by atoms with Gasteiger partial charge in [-0.25, -0.2) is 0 Å². The Hall–Kier alpha value is -1.79. The first-order valence-corrected chi connectivity index (χ1v) is 9.04. The summed E-state index contributed by atoms with van der Waals surface area (Å²) in [6.45, 7) is 5.48. The van der Waals surface area contributed by atoms with E-state index in [4.69, 9.17) is 14.4 Å². The molecule has 0 aromatic rings. The predicted octanol–water partition coefficient (Wildman–Crippen LogP) is -0.472. The van der Waals surface area contributed by atoms with Gasteiger partial charge in [0.2, 0.25) is 5.91 Å². The lowest BCUT2D eigenvalue weighted by Gasteiger charge is -2.35. The highest BCUT2D eigenvalue weighted by atomic mass is 32.1. The van der Waals surface area contributed by atoms with Gasteiger partial charge in [0.15, 0.2) is 5.92 Å². The Kier molecular flexibility index (Phi) is 9.06. The van der Waals surface area contributed by atoms with Crippen LogP contribution in [0.3, 0.4) is 0 Å². The number of carboxylic acids is 2. The minimum absolute atomic E-state index is 0.0315. The Morgan fingerprint density at radius 3 is 2.37 bits per heavy atom. The predicted molar refractivity (Wildman–Crippen MR) is 97.9 cm³/mol. The maximum atomic E-state index is 12.1. The maximum Gasteiger partial charge on any atom is 0.551 e. The van der Waals surface area contributed by atoms with Gasteiger partial charge in [-0.2, -0.15) is 12.6 Å². The van der Waals surface area contributed by atoms with Crippen LogP contribution in [0.15, 0.2) is 0 Å². The zero-order chi connectivity index (χ0) is 20.7. The average molecular weight is 404 g/mol. The van der Waals surface area contributed by atoms with Crippen LogP contribution < -0.4 is 10.6 Å². The van der Waals surface area contributed by atoms with E-state index in [2.05, 4.69) is 23.3 Å². The standard InChI is InChI=1S/C15H25BN2O8S/c1-7(2)4-10(18-11(19)6-17-8(3)27)16-25-9(5-12(20)21)13(14(22)23)15(24)26-16/h7-10,13,17,27H,4-6H2,1-3H3,(H,18,19)(H,20,21)(H,22,23)/t8?,9?,10-,13?/m0/s1. The van der Waals surface area contributed by atoms with Gasteiger partial charge in [-0.15, -0.1) is 0 Å². The Labute approximate surface area is 162 Å². The Balaban J connectivity index is 2.93. The molecule has 27 heavy (non-hydrogen) atoms. The molecule has 12 heteroatoms. The Morgan fingerprint density at radius 2 is 1.89 bits per heavy atom. The molecule has 1 fully saturated rings. The summed E-state index contributed by atoms with van der Waals surface area (Å²) in [5.74, 6) is -6.72. The van der Waals surface area contributed by atoms with Crippen LogP contribution in [0.1, 0.15) is 33.6 Å². The van der Waals surface area contributed by atoms with Crippen LogP contribution >= 0.6 is 12.6 Å². The number of hydrogen-bond acceptors (Lipinski definition) is 8. The fraction of sp³-hybridized carbons (Fsp3) is 0.733. The van der Waals surface area contributed by atoms with Gasteiger partial charge in [0, 0.05) is 5.37 Å². The highest BCUT2D eigenvalue weighted by molar-refractivity contribution is 7.80. The number of thiol groups is 1. The van der Waals surface area contributed by atoms with Crippen molar-refractivity contribution in [2.75, 3.05) is 6.54 Å². The van der Waals surface area contributed by atoms with Gasteiger partial charge < -0.3 is 24.8 Å². The summed E-state index contributed by atoms with van der Waals surface area (Å²) in [6.07, 6.45) is -1.70. The second-order valence-corrected chi connectivity index (χ2v) is 7.53. The van der Waals surface area contributed by atoms with Gasteiger partial charge >= 0.3 is 25.0 Å². The van der Waals surface area contributed by atoms with Crippen molar-refractivity contribution in [1.29, 1.82) is 0 Å². The van der Waals surface area contributed by atoms with Gasteiger partial charge in [0.05, 0.1) is 25.0 Å². The lowest BCUT2D eigenvalue weighted by atomic mass is 9.71. The van der Waals surface area contributed by atoms with Gasteiger partial charge in [0.1, 0.15) is 0 Å². The first kappa shape index (κ1) is 23.3. The van der Waals surface area contributed by atoms with E-state index in [9.17, 15) is 24.3 Å². The van der Waals surface area contributed by atoms with Crippen molar-refractivity contribution in [3.8, 4) is 0 Å². The summed E-state index contributed by atoms with van der Waals surface area (Å²) in [4.78, 5) is 46.5. The molecule has 1 saturated heterocycles. The summed E-state index contributed by atoms with van der Waals surface area (Å²) < 4.78 is 10.6. The van der Waals surface area contributed by atoms with E-state index in [0.717, 1.165) is 0 Å². The largest absolute Gasteiger partial charge is 0.551 e. The van der Waals surface area contributed by atoms with Crippen LogP contribution in [0.2, 0.25) is 0 Å². The number of amides is 1. The third kappa shape index (κ3) is 7.77. The molecule has 4 N–H and O–H groups in total. The number of carbonyl (C=O) groups is 4. The molecule has 1 heterocycles. The fourth-order valence-corrected chi connectivity index (χ4v) is 2.73. The van der Waals surface area contributed by atoms with Gasteiger partial charge in [-0.3, -0.25) is 24.5 Å². The van der Waals surface area contributed by atoms with E-state index in [1.54, 1.807) is 6.92 Å². The Morgan fingerprint density at radius 1 is 1.26 bits per heavy atom. The monoisotopic (exact) mass is 404 g/mol. The molecular weight excluding hydrogens is 379 g/mol. The molecule has 0 aromatic heterocycles. The SMILES string of the molecule is CC(C)C[C@H](NC(=O)CNC(C)S)B1OC(=O)C(C(=O)O)C(CC(=O)O)O1. The van der Waals surface area contributed by atoms with Gasteiger partial charge in [0.25, 0.3) is 0 Å². The molecular formula is C15H25BN2O8S. The topological polar surface area (TPSA) is 151 Å². The summed E-state index contributed by atoms with van der Waals surface area (Å²) in [5.41, 5.74) is 0. The molecule has 0 aromatic carbocycles. The first-order chi connectivity index (χ1) is 12.5. The van der Waals surface area contributed by atoms with Crippen molar-refractivity contribution in [2.24, 2.45) is 11.8 Å². The number of hydrogen-bond donors (Lipinski definition) is 5. The zero-order valence-corrected chi connectivity index (χ0v) is 16.3. The minimum atomic E-state index is -1.74. The van der Waals surface area contributed by atoms with Crippen LogP contribution in [-0.2, 0) is 28.5 Å².